The molecular formula is C18H13Cl2N3O2S. The Bertz CT molecular complexity index is 1070. The highest BCUT2D eigenvalue weighted by atomic mass is 35.5. The van der Waals surface area contributed by atoms with E-state index in [4.69, 9.17) is 32.9 Å². The molecule has 0 fully saturated rings. The monoisotopic (exact) mass is 405 g/mol. The van der Waals surface area contributed by atoms with Crippen molar-refractivity contribution in [3.8, 4) is 5.00 Å². The van der Waals surface area contributed by atoms with Gasteiger partial charge in [-0.05, 0) is 19.1 Å². The van der Waals surface area contributed by atoms with Gasteiger partial charge < -0.3 is 4.74 Å². The maximum Gasteiger partial charge on any atom is 0.358 e. The molecule has 5 nitrogen and oxygen atoms in total. The third kappa shape index (κ3) is 2.65. The summed E-state index contributed by atoms with van der Waals surface area (Å²) in [6.07, 6.45) is 0. The molecule has 0 bridgehead atoms. The molecule has 26 heavy (non-hydrogen) atoms. The van der Waals surface area contributed by atoms with Gasteiger partial charge in [0.25, 0.3) is 0 Å². The van der Waals surface area contributed by atoms with E-state index in [2.05, 4.69) is 4.98 Å². The Balaban J connectivity index is 2.00. The van der Waals surface area contributed by atoms with Crippen molar-refractivity contribution in [2.75, 3.05) is 7.11 Å². The van der Waals surface area contributed by atoms with Crippen molar-refractivity contribution in [3.63, 3.8) is 0 Å². The summed E-state index contributed by atoms with van der Waals surface area (Å²) < 4.78 is 7.42. The van der Waals surface area contributed by atoms with Crippen LogP contribution in [0.3, 0.4) is 0 Å². The van der Waals surface area contributed by atoms with E-state index in [1.165, 1.54) is 18.4 Å². The van der Waals surface area contributed by atoms with Gasteiger partial charge in [0.05, 0.1) is 29.4 Å². The average Bonchev–Trinajstić information content (AvgIpc) is 3.11. The van der Waals surface area contributed by atoms with Crippen LogP contribution in [0.1, 0.15) is 33.1 Å². The van der Waals surface area contributed by atoms with Gasteiger partial charge in [0.15, 0.2) is 5.69 Å². The number of thiophene rings is 1. The number of halogens is 2. The van der Waals surface area contributed by atoms with Crippen LogP contribution >= 0.6 is 34.5 Å². The first-order chi connectivity index (χ1) is 12.5. The van der Waals surface area contributed by atoms with Gasteiger partial charge >= 0.3 is 5.97 Å². The van der Waals surface area contributed by atoms with Gasteiger partial charge in [-0.2, -0.15) is 0 Å². The fourth-order valence-corrected chi connectivity index (χ4v) is 4.58. The van der Waals surface area contributed by atoms with E-state index in [-0.39, 0.29) is 12.2 Å². The van der Waals surface area contributed by atoms with Gasteiger partial charge in [0.1, 0.15) is 10.8 Å². The molecule has 1 aliphatic heterocycles. The lowest BCUT2D eigenvalue weighted by Crippen LogP contribution is -2.07. The molecule has 0 aliphatic carbocycles. The molecule has 3 heterocycles. The number of imidazole rings is 1. The highest BCUT2D eigenvalue weighted by molar-refractivity contribution is 7.19. The van der Waals surface area contributed by atoms with E-state index in [0.717, 1.165) is 21.8 Å². The third-order valence-corrected chi connectivity index (χ3v) is 5.75. The van der Waals surface area contributed by atoms with E-state index < -0.39 is 5.97 Å². The van der Waals surface area contributed by atoms with Crippen molar-refractivity contribution in [1.82, 2.24) is 9.55 Å². The minimum absolute atomic E-state index is 0.268. The van der Waals surface area contributed by atoms with Crippen LogP contribution in [0, 0.1) is 6.92 Å². The van der Waals surface area contributed by atoms with Gasteiger partial charge in [0, 0.05) is 16.1 Å². The van der Waals surface area contributed by atoms with E-state index in [9.17, 15) is 4.79 Å². The molecule has 0 amide bonds. The van der Waals surface area contributed by atoms with Crippen LogP contribution in [0.2, 0.25) is 9.36 Å². The molecule has 0 spiro atoms. The standard InChI is InChI=1S/C18H13Cl2N3O2S/c1-9-22-16(18(24)25-2)13-8-21-15(10-5-3-4-6-12(10)19)11-7-14(20)26-17(11)23(9)13/h3-7H,8H2,1-2H3. The number of nitrogens with zero attached hydrogens (tertiary/aromatic N) is 3. The first-order valence-corrected chi connectivity index (χ1v) is 9.34. The molecule has 3 aromatic rings. The fourth-order valence-electron chi connectivity index (χ4n) is 3.06. The summed E-state index contributed by atoms with van der Waals surface area (Å²) in [6.45, 7) is 2.12. The Morgan fingerprint density at radius 2 is 2.04 bits per heavy atom. The quantitative estimate of drug-likeness (QED) is 0.581. The Labute approximate surface area is 163 Å². The lowest BCUT2D eigenvalue weighted by molar-refractivity contribution is 0.0593. The number of hydrogen-bond donors (Lipinski definition) is 0. The summed E-state index contributed by atoms with van der Waals surface area (Å²) in [5.41, 5.74) is 3.37. The number of ether oxygens (including phenoxy) is 1. The summed E-state index contributed by atoms with van der Waals surface area (Å²) in [7, 11) is 1.34. The van der Waals surface area contributed by atoms with Crippen LogP contribution < -0.4 is 0 Å². The summed E-state index contributed by atoms with van der Waals surface area (Å²) in [4.78, 5) is 21.3. The van der Waals surface area contributed by atoms with E-state index in [1.54, 1.807) is 0 Å². The van der Waals surface area contributed by atoms with E-state index in [1.807, 2.05) is 41.8 Å². The molecule has 1 aliphatic rings. The molecule has 0 saturated carbocycles. The molecule has 132 valence electrons. The zero-order valence-electron chi connectivity index (χ0n) is 13.9. The molecule has 0 N–H and O–H groups in total. The zero-order valence-corrected chi connectivity index (χ0v) is 16.2. The Kier molecular flexibility index (Phi) is 4.34. The van der Waals surface area contributed by atoms with Crippen molar-refractivity contribution in [1.29, 1.82) is 0 Å². The number of aromatic nitrogens is 2. The molecule has 8 heteroatoms. The molecule has 4 rings (SSSR count). The Morgan fingerprint density at radius 3 is 2.77 bits per heavy atom. The maximum atomic E-state index is 12.1. The largest absolute Gasteiger partial charge is 0.464 e. The Hall–Kier alpha value is -2.15. The minimum atomic E-state index is -0.484. The fraction of sp³-hybridized carbons (Fsp3) is 0.167. The number of methoxy groups -OCH3 is 1. The highest BCUT2D eigenvalue weighted by Crippen LogP contribution is 2.37. The van der Waals surface area contributed by atoms with Crippen molar-refractivity contribution in [3.05, 3.63) is 68.0 Å². The molecule has 0 atom stereocenters. The van der Waals surface area contributed by atoms with Crippen LogP contribution in [0.15, 0.2) is 35.3 Å². The summed E-state index contributed by atoms with van der Waals surface area (Å²) in [5.74, 6) is 0.193. The number of hydrogen-bond acceptors (Lipinski definition) is 5. The molecular weight excluding hydrogens is 393 g/mol. The van der Waals surface area contributed by atoms with Crippen molar-refractivity contribution >= 4 is 46.2 Å². The van der Waals surface area contributed by atoms with Crippen molar-refractivity contribution < 1.29 is 9.53 Å². The van der Waals surface area contributed by atoms with Gasteiger partial charge in [-0.15, -0.1) is 11.3 Å². The number of carbonyl (C=O) groups excluding carboxylic acids is 1. The van der Waals surface area contributed by atoms with Gasteiger partial charge in [-0.3, -0.25) is 9.56 Å². The highest BCUT2D eigenvalue weighted by Gasteiger charge is 2.29. The number of esters is 1. The molecule has 0 radical (unpaired) electrons. The van der Waals surface area contributed by atoms with Gasteiger partial charge in [0.2, 0.25) is 0 Å². The molecule has 0 saturated heterocycles. The summed E-state index contributed by atoms with van der Waals surface area (Å²) in [6, 6.07) is 9.40. The second-order valence-corrected chi connectivity index (χ2v) is 7.76. The van der Waals surface area contributed by atoms with Crippen LogP contribution in [0.25, 0.3) is 5.00 Å². The van der Waals surface area contributed by atoms with E-state index in [0.29, 0.717) is 20.9 Å². The van der Waals surface area contributed by atoms with Crippen LogP contribution in [0.5, 0.6) is 0 Å². The molecule has 1 aromatic carbocycles. The average molecular weight is 406 g/mol. The number of fused-ring (bicyclic) bond motifs is 3. The first-order valence-electron chi connectivity index (χ1n) is 7.77. The van der Waals surface area contributed by atoms with Crippen LogP contribution in [-0.2, 0) is 11.3 Å². The predicted molar refractivity (Wildman–Crippen MR) is 103 cm³/mol. The number of benzene rings is 1. The molecule has 0 unspecified atom stereocenters. The van der Waals surface area contributed by atoms with Crippen LogP contribution in [-0.4, -0.2) is 28.3 Å². The lowest BCUT2D eigenvalue weighted by Gasteiger charge is -2.09. The second kappa shape index (κ2) is 6.54. The minimum Gasteiger partial charge on any atom is -0.464 e. The zero-order chi connectivity index (χ0) is 18.4. The topological polar surface area (TPSA) is 56.5 Å². The number of carbonyl (C=O) groups is 1. The summed E-state index contributed by atoms with van der Waals surface area (Å²) >= 11 is 14.1. The predicted octanol–water partition coefficient (Wildman–Crippen LogP) is 4.69. The van der Waals surface area contributed by atoms with Crippen molar-refractivity contribution in [2.45, 2.75) is 13.5 Å². The SMILES string of the molecule is COC(=O)c1nc(C)n2c1CN=C(c1ccccc1Cl)c1cc(Cl)sc1-2. The van der Waals surface area contributed by atoms with Gasteiger partial charge in [-0.1, -0.05) is 41.4 Å². The maximum absolute atomic E-state index is 12.1. The number of aryl methyl sites for hydroxylation is 1. The van der Waals surface area contributed by atoms with E-state index >= 15 is 0 Å². The van der Waals surface area contributed by atoms with Gasteiger partial charge in [-0.25, -0.2) is 9.78 Å². The smallest absolute Gasteiger partial charge is 0.358 e. The lowest BCUT2D eigenvalue weighted by atomic mass is 10.0. The second-order valence-electron chi connectivity index (χ2n) is 5.70. The molecule has 2 aromatic heterocycles. The third-order valence-electron chi connectivity index (χ3n) is 4.18. The summed E-state index contributed by atoms with van der Waals surface area (Å²) in [5, 5.41) is 1.47. The van der Waals surface area contributed by atoms with Crippen LogP contribution in [0.4, 0.5) is 0 Å². The first kappa shape index (κ1) is 17.3. The van der Waals surface area contributed by atoms with Crippen molar-refractivity contribution in [2.24, 2.45) is 4.99 Å². The Morgan fingerprint density at radius 1 is 1.27 bits per heavy atom. The normalized spacial score (nSPS) is 12.8. The number of rotatable bonds is 2. The number of aliphatic imine (C=N–C) groups is 1.